The van der Waals surface area contributed by atoms with Crippen molar-refractivity contribution in [3.8, 4) is 0 Å². The molecule has 21 heavy (non-hydrogen) atoms. The second kappa shape index (κ2) is 6.76. The van der Waals surface area contributed by atoms with E-state index in [0.29, 0.717) is 11.4 Å². The Balaban J connectivity index is 1.89. The van der Waals surface area contributed by atoms with E-state index in [4.69, 9.17) is 0 Å². The van der Waals surface area contributed by atoms with Crippen LogP contribution in [0, 0.1) is 12.7 Å². The number of rotatable bonds is 5. The summed E-state index contributed by atoms with van der Waals surface area (Å²) in [5.74, 6) is 0.572. The first-order chi connectivity index (χ1) is 9.97. The monoisotopic (exact) mass is 307 g/mol. The molecule has 0 saturated carbocycles. The van der Waals surface area contributed by atoms with E-state index in [-0.39, 0.29) is 22.7 Å². The lowest BCUT2D eigenvalue weighted by atomic mass is 10.1. The van der Waals surface area contributed by atoms with Crippen molar-refractivity contribution in [2.24, 2.45) is 7.05 Å². The maximum absolute atomic E-state index is 13.6. The number of hydrogen-bond acceptors (Lipinski definition) is 3. The molecule has 6 heteroatoms. The first-order valence-corrected chi connectivity index (χ1v) is 7.68. The average molecular weight is 307 g/mol. The van der Waals surface area contributed by atoms with Gasteiger partial charge in [-0.05, 0) is 19.9 Å². The zero-order valence-corrected chi connectivity index (χ0v) is 13.1. The Morgan fingerprint density at radius 3 is 2.81 bits per heavy atom. The number of hydrogen-bond donors (Lipinski definition) is 1. The van der Waals surface area contributed by atoms with Gasteiger partial charge in [0.2, 0.25) is 5.91 Å². The average Bonchev–Trinajstić information content (AvgIpc) is 2.74. The fraction of sp³-hybridized carbons (Fsp3) is 0.333. The summed E-state index contributed by atoms with van der Waals surface area (Å²) in [5, 5.41) is 6.89. The molecule has 0 bridgehead atoms. The van der Waals surface area contributed by atoms with Gasteiger partial charge >= 0.3 is 0 Å². The van der Waals surface area contributed by atoms with Crippen LogP contribution in [0.5, 0.6) is 0 Å². The van der Waals surface area contributed by atoms with Gasteiger partial charge in [0.15, 0.2) is 0 Å². The number of benzene rings is 1. The highest BCUT2D eigenvalue weighted by Crippen LogP contribution is 2.29. The van der Waals surface area contributed by atoms with Gasteiger partial charge in [-0.2, -0.15) is 5.10 Å². The summed E-state index contributed by atoms with van der Waals surface area (Å²) in [6, 6.07) is 8.45. The highest BCUT2D eigenvalue weighted by atomic mass is 32.2. The number of carbonyl (C=O) groups excluding carboxylic acids is 1. The van der Waals surface area contributed by atoms with E-state index in [0.717, 1.165) is 5.69 Å². The van der Waals surface area contributed by atoms with Crippen molar-refractivity contribution >= 4 is 23.5 Å². The van der Waals surface area contributed by atoms with Crippen molar-refractivity contribution in [3.05, 3.63) is 47.4 Å². The Bertz CT molecular complexity index is 642. The molecule has 112 valence electrons. The summed E-state index contributed by atoms with van der Waals surface area (Å²) in [4.78, 5) is 11.9. The fourth-order valence-electron chi connectivity index (χ4n) is 2.00. The SMILES string of the molecule is Cc1cc(NC(=O)CSC(C)c2ccccc2F)n(C)n1. The van der Waals surface area contributed by atoms with Crippen LogP contribution in [0.2, 0.25) is 0 Å². The van der Waals surface area contributed by atoms with Crippen molar-refractivity contribution in [1.29, 1.82) is 0 Å². The van der Waals surface area contributed by atoms with Gasteiger partial charge in [-0.15, -0.1) is 11.8 Å². The molecule has 2 rings (SSSR count). The number of nitrogens with one attached hydrogen (secondary N) is 1. The van der Waals surface area contributed by atoms with Crippen LogP contribution in [0.4, 0.5) is 10.2 Å². The van der Waals surface area contributed by atoms with E-state index in [2.05, 4.69) is 10.4 Å². The third kappa shape index (κ3) is 4.07. The van der Waals surface area contributed by atoms with Crippen LogP contribution < -0.4 is 5.32 Å². The van der Waals surface area contributed by atoms with Gasteiger partial charge in [0.1, 0.15) is 11.6 Å². The molecule has 1 atom stereocenters. The Labute approximate surface area is 127 Å². The third-order valence-corrected chi connectivity index (χ3v) is 4.26. The number of amides is 1. The molecule has 1 N–H and O–H groups in total. The van der Waals surface area contributed by atoms with Gasteiger partial charge in [0.05, 0.1) is 11.4 Å². The minimum absolute atomic E-state index is 0.0785. The van der Waals surface area contributed by atoms with Crippen molar-refractivity contribution in [3.63, 3.8) is 0 Å². The van der Waals surface area contributed by atoms with E-state index in [1.165, 1.54) is 17.8 Å². The molecular formula is C15H18FN3OS. The number of carbonyl (C=O) groups is 1. The maximum Gasteiger partial charge on any atom is 0.235 e. The smallest absolute Gasteiger partial charge is 0.235 e. The lowest BCUT2D eigenvalue weighted by molar-refractivity contribution is -0.113. The minimum atomic E-state index is -0.236. The van der Waals surface area contributed by atoms with Gasteiger partial charge < -0.3 is 5.32 Å². The van der Waals surface area contributed by atoms with Crippen molar-refractivity contribution in [2.45, 2.75) is 19.1 Å². The zero-order valence-electron chi connectivity index (χ0n) is 12.3. The van der Waals surface area contributed by atoms with Gasteiger partial charge in [-0.1, -0.05) is 18.2 Å². The quantitative estimate of drug-likeness (QED) is 0.922. The normalized spacial score (nSPS) is 12.2. The maximum atomic E-state index is 13.6. The van der Waals surface area contributed by atoms with Crippen LogP contribution in [-0.4, -0.2) is 21.4 Å². The number of aryl methyl sites for hydroxylation is 2. The predicted molar refractivity (Wildman–Crippen MR) is 83.8 cm³/mol. The lowest BCUT2D eigenvalue weighted by Crippen LogP contribution is -2.17. The highest BCUT2D eigenvalue weighted by Gasteiger charge is 2.13. The van der Waals surface area contributed by atoms with Crippen LogP contribution >= 0.6 is 11.8 Å². The summed E-state index contributed by atoms with van der Waals surface area (Å²) in [7, 11) is 1.78. The van der Waals surface area contributed by atoms with Crippen molar-refractivity contribution < 1.29 is 9.18 Å². The predicted octanol–water partition coefficient (Wildman–Crippen LogP) is 3.30. The van der Waals surface area contributed by atoms with Crippen molar-refractivity contribution in [2.75, 3.05) is 11.1 Å². The van der Waals surface area contributed by atoms with E-state index in [1.807, 2.05) is 19.9 Å². The standard InChI is InChI=1S/C15H18FN3OS/c1-10-8-14(19(3)18-10)17-15(20)9-21-11(2)12-6-4-5-7-13(12)16/h4-8,11H,9H2,1-3H3,(H,17,20). The van der Waals surface area contributed by atoms with Crippen LogP contribution in [0.1, 0.15) is 23.4 Å². The third-order valence-electron chi connectivity index (χ3n) is 3.08. The van der Waals surface area contributed by atoms with E-state index < -0.39 is 0 Å². The van der Waals surface area contributed by atoms with Crippen LogP contribution in [0.25, 0.3) is 0 Å². The number of nitrogens with zero attached hydrogens (tertiary/aromatic N) is 2. The van der Waals surface area contributed by atoms with E-state index in [9.17, 15) is 9.18 Å². The first kappa shape index (κ1) is 15.6. The number of aromatic nitrogens is 2. The van der Waals surface area contributed by atoms with E-state index in [1.54, 1.807) is 29.9 Å². The molecule has 1 amide bonds. The molecule has 1 heterocycles. The summed E-state index contributed by atoms with van der Waals surface area (Å²) in [5.41, 5.74) is 1.46. The van der Waals surface area contributed by atoms with E-state index >= 15 is 0 Å². The van der Waals surface area contributed by atoms with Crippen LogP contribution in [0.15, 0.2) is 30.3 Å². The second-order valence-corrected chi connectivity index (χ2v) is 6.15. The molecule has 0 aliphatic rings. The minimum Gasteiger partial charge on any atom is -0.310 e. The Hall–Kier alpha value is -1.82. The summed E-state index contributed by atoms with van der Waals surface area (Å²) < 4.78 is 15.3. The first-order valence-electron chi connectivity index (χ1n) is 6.64. The summed E-state index contributed by atoms with van der Waals surface area (Å²) >= 11 is 1.40. The molecule has 4 nitrogen and oxygen atoms in total. The molecule has 0 radical (unpaired) electrons. The lowest BCUT2D eigenvalue weighted by Gasteiger charge is -2.12. The summed E-state index contributed by atoms with van der Waals surface area (Å²) in [6.45, 7) is 3.76. The molecule has 2 aromatic rings. The van der Waals surface area contributed by atoms with Gasteiger partial charge in [0.25, 0.3) is 0 Å². The second-order valence-electron chi connectivity index (χ2n) is 4.82. The molecule has 0 aliphatic heterocycles. The molecule has 0 aliphatic carbocycles. The molecule has 0 saturated heterocycles. The van der Waals surface area contributed by atoms with Crippen LogP contribution in [0.3, 0.4) is 0 Å². The molecule has 0 spiro atoms. The Morgan fingerprint density at radius 2 is 2.19 bits per heavy atom. The molecular weight excluding hydrogens is 289 g/mol. The molecule has 1 aromatic heterocycles. The number of anilines is 1. The number of halogens is 1. The van der Waals surface area contributed by atoms with Crippen LogP contribution in [-0.2, 0) is 11.8 Å². The van der Waals surface area contributed by atoms with Gasteiger partial charge in [-0.3, -0.25) is 9.48 Å². The molecule has 1 aromatic carbocycles. The largest absolute Gasteiger partial charge is 0.310 e. The number of thioether (sulfide) groups is 1. The topological polar surface area (TPSA) is 46.9 Å². The Morgan fingerprint density at radius 1 is 1.48 bits per heavy atom. The zero-order chi connectivity index (χ0) is 15.4. The van der Waals surface area contributed by atoms with Gasteiger partial charge in [0, 0.05) is 23.9 Å². The van der Waals surface area contributed by atoms with Crippen molar-refractivity contribution in [1.82, 2.24) is 9.78 Å². The van der Waals surface area contributed by atoms with Gasteiger partial charge in [-0.25, -0.2) is 4.39 Å². The molecule has 1 unspecified atom stereocenters. The highest BCUT2D eigenvalue weighted by molar-refractivity contribution is 8.00. The molecule has 0 fully saturated rings. The Kier molecular flexibility index (Phi) is 5.01. The fourth-order valence-corrected chi connectivity index (χ4v) is 2.85. The summed E-state index contributed by atoms with van der Waals surface area (Å²) in [6.07, 6.45) is 0.